The Hall–Kier alpha value is -2.91. The van der Waals surface area contributed by atoms with Gasteiger partial charge in [-0.3, -0.25) is 19.8 Å². The molecule has 2 aliphatic heterocycles. The van der Waals surface area contributed by atoms with E-state index in [2.05, 4.69) is 20.4 Å². The van der Waals surface area contributed by atoms with Crippen molar-refractivity contribution in [1.29, 1.82) is 0 Å². The van der Waals surface area contributed by atoms with Gasteiger partial charge >= 0.3 is 0 Å². The zero-order valence-corrected chi connectivity index (χ0v) is 25.2. The van der Waals surface area contributed by atoms with E-state index in [0.717, 1.165) is 18.0 Å². The Kier molecular flexibility index (Phi) is 10.8. The van der Waals surface area contributed by atoms with E-state index in [9.17, 15) is 18.0 Å². The molecule has 0 aliphatic carbocycles. The van der Waals surface area contributed by atoms with Crippen LogP contribution in [0.15, 0.2) is 40.5 Å². The number of sulfone groups is 1. The third-order valence-corrected chi connectivity index (χ3v) is 9.63. The Morgan fingerprint density at radius 1 is 1.24 bits per heavy atom. The Morgan fingerprint density at radius 3 is 2.68 bits per heavy atom. The van der Waals surface area contributed by atoms with Gasteiger partial charge in [0.25, 0.3) is 5.91 Å². The third-order valence-electron chi connectivity index (χ3n) is 6.91. The highest BCUT2D eigenvalue weighted by molar-refractivity contribution is 7.91. The number of benzene rings is 1. The van der Waals surface area contributed by atoms with Crippen LogP contribution < -0.4 is 5.32 Å². The molecule has 41 heavy (non-hydrogen) atoms. The number of carbonyl (C=O) groups is 2. The summed E-state index contributed by atoms with van der Waals surface area (Å²) in [4.78, 5) is 40.4. The smallest absolute Gasteiger partial charge is 0.280 e. The normalized spacial score (nSPS) is 20.3. The first kappa shape index (κ1) is 31.0. The molecule has 2 aromatic rings. The fourth-order valence-electron chi connectivity index (χ4n) is 4.74. The minimum absolute atomic E-state index is 0.00570. The summed E-state index contributed by atoms with van der Waals surface area (Å²) in [6.45, 7) is 7.79. The van der Waals surface area contributed by atoms with Crippen LogP contribution >= 0.6 is 11.3 Å². The van der Waals surface area contributed by atoms with Crippen LogP contribution in [0.3, 0.4) is 0 Å². The second-order valence-electron chi connectivity index (χ2n) is 10.1. The van der Waals surface area contributed by atoms with Crippen molar-refractivity contribution < 1.29 is 32.3 Å². The van der Waals surface area contributed by atoms with Crippen LogP contribution in [0.5, 0.6) is 0 Å². The first-order valence-corrected chi connectivity index (χ1v) is 16.0. The maximum Gasteiger partial charge on any atom is 0.280 e. The lowest BCUT2D eigenvalue weighted by atomic mass is 10.1. The molecular weight excluding hydrogens is 570 g/mol. The standard InChI is InChI=1S/C27H37N5O7S2/c1-19-16-31(10-11-32(19)20(2)33)17-23-15-28-27(40-23)29-26(34)25(30-39-22-9-13-38-18-22)21-5-7-24(8-6-21)41(35,36)14-4-12-37-3/h5-8,15,19,22H,4,9-14,16-18H2,1-3H3,(H,28,29,34)/t19-,22+/m0/s1. The largest absolute Gasteiger partial charge is 0.389 e. The average Bonchev–Trinajstić information content (AvgIpc) is 3.61. The number of oxime groups is 1. The number of anilines is 1. The number of methoxy groups -OCH3 is 1. The summed E-state index contributed by atoms with van der Waals surface area (Å²) in [5.74, 6) is -0.478. The van der Waals surface area contributed by atoms with E-state index in [1.165, 1.54) is 30.6 Å². The third kappa shape index (κ3) is 8.55. The SMILES string of the molecule is COCCCS(=O)(=O)c1ccc(C(=NO[C@@H]2CCOC2)C(=O)Nc2ncc(CN3CCN(C(C)=O)[C@@H](C)C3)s2)cc1. The molecule has 0 saturated carbocycles. The second-order valence-corrected chi connectivity index (χ2v) is 13.3. The van der Waals surface area contributed by atoms with Crippen molar-refractivity contribution in [3.05, 3.63) is 40.9 Å². The monoisotopic (exact) mass is 607 g/mol. The first-order valence-electron chi connectivity index (χ1n) is 13.6. The number of hydrogen-bond donors (Lipinski definition) is 1. The van der Waals surface area contributed by atoms with Gasteiger partial charge < -0.3 is 19.2 Å². The zero-order valence-electron chi connectivity index (χ0n) is 23.6. The molecule has 0 radical (unpaired) electrons. The van der Waals surface area contributed by atoms with Crippen molar-refractivity contribution in [1.82, 2.24) is 14.8 Å². The molecule has 0 bridgehead atoms. The van der Waals surface area contributed by atoms with E-state index in [-0.39, 0.29) is 34.4 Å². The highest BCUT2D eigenvalue weighted by atomic mass is 32.2. The number of nitrogens with one attached hydrogen (secondary N) is 1. The Morgan fingerprint density at radius 2 is 2.02 bits per heavy atom. The number of aromatic nitrogens is 1. The van der Waals surface area contributed by atoms with Crippen LogP contribution in [0.1, 0.15) is 37.1 Å². The minimum Gasteiger partial charge on any atom is -0.389 e. The van der Waals surface area contributed by atoms with E-state index in [1.54, 1.807) is 25.3 Å². The van der Waals surface area contributed by atoms with E-state index in [1.807, 2.05) is 11.8 Å². The number of thiazole rings is 1. The van der Waals surface area contributed by atoms with Crippen molar-refractivity contribution in [2.75, 3.05) is 57.6 Å². The Bertz CT molecular complexity index is 1320. The summed E-state index contributed by atoms with van der Waals surface area (Å²) in [5, 5.41) is 7.37. The molecule has 2 amide bonds. The summed E-state index contributed by atoms with van der Waals surface area (Å²) in [6.07, 6.45) is 2.51. The van der Waals surface area contributed by atoms with Crippen LogP contribution in [0.4, 0.5) is 5.13 Å². The van der Waals surface area contributed by atoms with Crippen LogP contribution in [-0.2, 0) is 40.3 Å². The summed E-state index contributed by atoms with van der Waals surface area (Å²) < 4.78 is 35.6. The molecule has 0 unspecified atom stereocenters. The molecule has 1 N–H and O–H groups in total. The summed E-state index contributed by atoms with van der Waals surface area (Å²) in [5.41, 5.74) is 0.414. The molecule has 1 aromatic carbocycles. The van der Waals surface area contributed by atoms with Crippen LogP contribution in [0.25, 0.3) is 0 Å². The molecule has 14 heteroatoms. The fraction of sp³-hybridized carbons (Fsp3) is 0.556. The van der Waals surface area contributed by atoms with Crippen molar-refractivity contribution in [3.8, 4) is 0 Å². The Labute approximate surface area is 244 Å². The molecule has 2 atom stereocenters. The van der Waals surface area contributed by atoms with Gasteiger partial charge in [0, 0.05) is 75.9 Å². The lowest BCUT2D eigenvalue weighted by molar-refractivity contribution is -0.133. The molecule has 4 rings (SSSR count). The lowest BCUT2D eigenvalue weighted by Crippen LogP contribution is -2.52. The highest BCUT2D eigenvalue weighted by Crippen LogP contribution is 2.22. The first-order chi connectivity index (χ1) is 19.7. The summed E-state index contributed by atoms with van der Waals surface area (Å²) in [6, 6.07) is 6.15. The molecule has 3 heterocycles. The number of amides is 2. The van der Waals surface area contributed by atoms with Crippen LogP contribution in [0, 0.1) is 0 Å². The predicted molar refractivity (Wildman–Crippen MR) is 155 cm³/mol. The molecule has 2 fully saturated rings. The Balaban J connectivity index is 1.44. The van der Waals surface area contributed by atoms with Gasteiger partial charge in [0.1, 0.15) is 0 Å². The molecule has 2 saturated heterocycles. The van der Waals surface area contributed by atoms with Crippen molar-refractivity contribution >= 4 is 43.8 Å². The van der Waals surface area contributed by atoms with Gasteiger partial charge in [-0.05, 0) is 25.5 Å². The van der Waals surface area contributed by atoms with E-state index >= 15 is 0 Å². The van der Waals surface area contributed by atoms with Gasteiger partial charge in [-0.2, -0.15) is 0 Å². The lowest BCUT2D eigenvalue weighted by Gasteiger charge is -2.39. The van der Waals surface area contributed by atoms with E-state index < -0.39 is 15.7 Å². The topological polar surface area (TPSA) is 140 Å². The number of nitrogens with zero attached hydrogens (tertiary/aromatic N) is 4. The highest BCUT2D eigenvalue weighted by Gasteiger charge is 2.26. The number of carbonyl (C=O) groups excluding carboxylic acids is 2. The van der Waals surface area contributed by atoms with Gasteiger partial charge in [0.05, 0.1) is 23.9 Å². The number of piperazine rings is 1. The molecule has 0 spiro atoms. The minimum atomic E-state index is -3.49. The van der Waals surface area contributed by atoms with Crippen molar-refractivity contribution in [3.63, 3.8) is 0 Å². The molecule has 12 nitrogen and oxygen atoms in total. The number of hydrogen-bond acceptors (Lipinski definition) is 11. The van der Waals surface area contributed by atoms with Gasteiger partial charge in [-0.15, -0.1) is 11.3 Å². The van der Waals surface area contributed by atoms with Crippen molar-refractivity contribution in [2.24, 2.45) is 5.16 Å². The van der Waals surface area contributed by atoms with Crippen LogP contribution in [-0.4, -0.2) is 105 Å². The summed E-state index contributed by atoms with van der Waals surface area (Å²) >= 11 is 1.36. The van der Waals surface area contributed by atoms with Gasteiger partial charge in [0.15, 0.2) is 26.8 Å². The molecular formula is C27H37N5O7S2. The van der Waals surface area contributed by atoms with E-state index in [0.29, 0.717) is 56.4 Å². The van der Waals surface area contributed by atoms with Gasteiger partial charge in [-0.1, -0.05) is 17.3 Å². The van der Waals surface area contributed by atoms with Gasteiger partial charge in [-0.25, -0.2) is 13.4 Å². The predicted octanol–water partition coefficient (Wildman–Crippen LogP) is 2.15. The quantitative estimate of drug-likeness (QED) is 0.218. The van der Waals surface area contributed by atoms with Crippen LogP contribution in [0.2, 0.25) is 0 Å². The average molecular weight is 608 g/mol. The summed E-state index contributed by atoms with van der Waals surface area (Å²) in [7, 11) is -1.96. The number of rotatable bonds is 12. The van der Waals surface area contributed by atoms with Gasteiger partial charge in [0.2, 0.25) is 5.91 Å². The zero-order chi connectivity index (χ0) is 29.4. The number of ether oxygens (including phenoxy) is 2. The maximum absolute atomic E-state index is 13.3. The van der Waals surface area contributed by atoms with Crippen molar-refractivity contribution in [2.45, 2.75) is 50.3 Å². The molecule has 2 aliphatic rings. The molecule has 224 valence electrons. The van der Waals surface area contributed by atoms with E-state index in [4.69, 9.17) is 14.3 Å². The molecule has 1 aromatic heterocycles. The second kappa shape index (κ2) is 14.3. The fourth-order valence-corrected chi connectivity index (χ4v) is 6.87. The maximum atomic E-state index is 13.3.